The van der Waals surface area contributed by atoms with Crippen LogP contribution < -0.4 is 5.32 Å². The van der Waals surface area contributed by atoms with Crippen molar-refractivity contribution in [1.29, 1.82) is 0 Å². The molecule has 1 heterocycles. The monoisotopic (exact) mass is 349 g/mol. The normalized spacial score (nSPS) is 10.6. The first-order chi connectivity index (χ1) is 12.6. The predicted molar refractivity (Wildman–Crippen MR) is 102 cm³/mol. The Morgan fingerprint density at radius 2 is 1.85 bits per heavy atom. The number of aromatic amines is 1. The summed E-state index contributed by atoms with van der Waals surface area (Å²) in [4.78, 5) is 14.7. The number of carbonyl (C=O) groups excluding carboxylic acids is 1. The average molecular weight is 349 g/mol. The van der Waals surface area contributed by atoms with E-state index in [2.05, 4.69) is 27.7 Å². The minimum atomic E-state index is -0.156. The molecule has 1 amide bonds. The molecule has 0 bridgehead atoms. The molecular formula is C20H23N5O. The average Bonchev–Trinajstić information content (AvgIpc) is 3.11. The summed E-state index contributed by atoms with van der Waals surface area (Å²) in [5.74, 6) is 0.279. The van der Waals surface area contributed by atoms with E-state index in [1.165, 1.54) is 11.1 Å². The lowest BCUT2D eigenvalue weighted by Crippen LogP contribution is -2.31. The molecule has 0 aliphatic rings. The Balaban J connectivity index is 1.79. The smallest absolute Gasteiger partial charge is 0.278 e. The molecule has 0 unspecified atom stereocenters. The van der Waals surface area contributed by atoms with Crippen LogP contribution in [0.4, 0.5) is 11.5 Å². The Labute approximate surface area is 153 Å². The number of rotatable bonds is 6. The highest BCUT2D eigenvalue weighted by molar-refractivity contribution is 5.97. The SMILES string of the molecule is CCN(Cc1ccccc1)C(=O)c1n[nH]nc1Nc1ccc(C)c(C)c1. The van der Waals surface area contributed by atoms with Crippen LogP contribution >= 0.6 is 0 Å². The molecule has 2 aromatic carbocycles. The molecule has 0 aliphatic carbocycles. The summed E-state index contributed by atoms with van der Waals surface area (Å²) in [6, 6.07) is 15.9. The first-order valence-electron chi connectivity index (χ1n) is 8.66. The number of nitrogens with zero attached hydrogens (tertiary/aromatic N) is 3. The first-order valence-corrected chi connectivity index (χ1v) is 8.66. The van der Waals surface area contributed by atoms with Crippen LogP contribution in [0.5, 0.6) is 0 Å². The number of anilines is 2. The minimum Gasteiger partial charge on any atom is -0.337 e. The third kappa shape index (κ3) is 3.91. The zero-order chi connectivity index (χ0) is 18.5. The highest BCUT2D eigenvalue weighted by atomic mass is 16.2. The van der Waals surface area contributed by atoms with Gasteiger partial charge in [0.15, 0.2) is 11.5 Å². The number of hydrogen-bond acceptors (Lipinski definition) is 4. The summed E-state index contributed by atoms with van der Waals surface area (Å²) >= 11 is 0. The van der Waals surface area contributed by atoms with E-state index in [1.54, 1.807) is 4.90 Å². The number of H-pyrrole nitrogens is 1. The zero-order valence-electron chi connectivity index (χ0n) is 15.3. The summed E-state index contributed by atoms with van der Waals surface area (Å²) in [5, 5.41) is 13.9. The predicted octanol–water partition coefficient (Wildman–Crippen LogP) is 3.83. The van der Waals surface area contributed by atoms with Gasteiger partial charge in [0.2, 0.25) is 0 Å². The number of hydrogen-bond donors (Lipinski definition) is 2. The number of aryl methyl sites for hydroxylation is 2. The molecule has 3 aromatic rings. The molecule has 0 radical (unpaired) electrons. The molecule has 134 valence electrons. The van der Waals surface area contributed by atoms with Crippen LogP contribution in [-0.2, 0) is 6.54 Å². The van der Waals surface area contributed by atoms with Crippen LogP contribution in [0.15, 0.2) is 48.5 Å². The molecule has 0 spiro atoms. The zero-order valence-corrected chi connectivity index (χ0v) is 15.3. The van der Waals surface area contributed by atoms with Crippen LogP contribution in [0.2, 0.25) is 0 Å². The second-order valence-corrected chi connectivity index (χ2v) is 6.25. The van der Waals surface area contributed by atoms with Gasteiger partial charge in [-0.15, -0.1) is 10.2 Å². The van der Waals surface area contributed by atoms with Gasteiger partial charge in [-0.1, -0.05) is 36.4 Å². The van der Waals surface area contributed by atoms with Gasteiger partial charge in [0.25, 0.3) is 5.91 Å². The molecule has 0 saturated carbocycles. The molecule has 1 aromatic heterocycles. The molecule has 0 saturated heterocycles. The standard InChI is InChI=1S/C20H23N5O/c1-4-25(13-16-8-6-5-7-9-16)20(26)18-19(23-24-22-18)21-17-11-10-14(2)15(3)12-17/h5-12H,4,13H2,1-3H3,(H2,21,22,23,24). The van der Waals surface area contributed by atoms with Gasteiger partial charge in [-0.25, -0.2) is 0 Å². The highest BCUT2D eigenvalue weighted by Crippen LogP contribution is 2.21. The van der Waals surface area contributed by atoms with Crippen LogP contribution in [0, 0.1) is 13.8 Å². The summed E-state index contributed by atoms with van der Waals surface area (Å²) in [5.41, 5.74) is 4.63. The lowest BCUT2D eigenvalue weighted by Gasteiger charge is -2.20. The maximum atomic E-state index is 12.9. The van der Waals surface area contributed by atoms with Crippen molar-refractivity contribution in [1.82, 2.24) is 20.3 Å². The van der Waals surface area contributed by atoms with E-state index >= 15 is 0 Å². The van der Waals surface area contributed by atoms with Gasteiger partial charge in [0, 0.05) is 18.8 Å². The van der Waals surface area contributed by atoms with Gasteiger partial charge in [0.1, 0.15) is 0 Å². The van der Waals surface area contributed by atoms with Crippen LogP contribution in [-0.4, -0.2) is 32.8 Å². The lowest BCUT2D eigenvalue weighted by atomic mass is 10.1. The largest absolute Gasteiger partial charge is 0.337 e. The minimum absolute atomic E-state index is 0.156. The number of benzene rings is 2. The van der Waals surface area contributed by atoms with Crippen molar-refractivity contribution in [3.63, 3.8) is 0 Å². The molecule has 0 fully saturated rings. The van der Waals surface area contributed by atoms with Gasteiger partial charge < -0.3 is 10.2 Å². The number of nitrogens with one attached hydrogen (secondary N) is 2. The van der Waals surface area contributed by atoms with Crippen LogP contribution in [0.25, 0.3) is 0 Å². The van der Waals surface area contributed by atoms with E-state index in [9.17, 15) is 4.79 Å². The molecule has 0 atom stereocenters. The van der Waals surface area contributed by atoms with Crippen molar-refractivity contribution in [3.8, 4) is 0 Å². The number of carbonyl (C=O) groups is 1. The van der Waals surface area contributed by atoms with Crippen molar-refractivity contribution in [2.45, 2.75) is 27.3 Å². The fraction of sp³-hybridized carbons (Fsp3) is 0.250. The van der Waals surface area contributed by atoms with E-state index in [0.717, 1.165) is 11.3 Å². The van der Waals surface area contributed by atoms with Crippen molar-refractivity contribution < 1.29 is 4.79 Å². The summed E-state index contributed by atoms with van der Waals surface area (Å²) in [6.45, 7) is 7.19. The summed E-state index contributed by atoms with van der Waals surface area (Å²) in [6.07, 6.45) is 0. The number of amides is 1. The maximum absolute atomic E-state index is 12.9. The fourth-order valence-corrected chi connectivity index (χ4v) is 2.70. The Morgan fingerprint density at radius 1 is 1.08 bits per heavy atom. The molecule has 0 aliphatic heterocycles. The van der Waals surface area contributed by atoms with E-state index in [4.69, 9.17) is 0 Å². The maximum Gasteiger partial charge on any atom is 0.278 e. The van der Waals surface area contributed by atoms with E-state index in [0.29, 0.717) is 24.6 Å². The van der Waals surface area contributed by atoms with Gasteiger partial charge >= 0.3 is 0 Å². The molecule has 26 heavy (non-hydrogen) atoms. The van der Waals surface area contributed by atoms with Crippen LogP contribution in [0.3, 0.4) is 0 Å². The van der Waals surface area contributed by atoms with E-state index in [1.807, 2.05) is 62.4 Å². The van der Waals surface area contributed by atoms with E-state index < -0.39 is 0 Å². The Morgan fingerprint density at radius 3 is 2.54 bits per heavy atom. The van der Waals surface area contributed by atoms with E-state index in [-0.39, 0.29) is 5.91 Å². The van der Waals surface area contributed by atoms with Crippen molar-refractivity contribution in [2.75, 3.05) is 11.9 Å². The topological polar surface area (TPSA) is 73.9 Å². The summed E-state index contributed by atoms with van der Waals surface area (Å²) in [7, 11) is 0. The lowest BCUT2D eigenvalue weighted by molar-refractivity contribution is 0.0747. The van der Waals surface area contributed by atoms with Gasteiger partial charge in [0.05, 0.1) is 0 Å². The molecule has 3 rings (SSSR count). The number of aromatic nitrogens is 3. The second kappa shape index (κ2) is 7.82. The third-order valence-electron chi connectivity index (χ3n) is 4.41. The second-order valence-electron chi connectivity index (χ2n) is 6.25. The van der Waals surface area contributed by atoms with Gasteiger partial charge in [-0.3, -0.25) is 4.79 Å². The van der Waals surface area contributed by atoms with Gasteiger partial charge in [-0.2, -0.15) is 5.21 Å². The van der Waals surface area contributed by atoms with Gasteiger partial charge in [-0.05, 0) is 49.6 Å². The Kier molecular flexibility index (Phi) is 5.31. The Bertz CT molecular complexity index is 888. The molecular weight excluding hydrogens is 326 g/mol. The van der Waals surface area contributed by atoms with Crippen LogP contribution in [0.1, 0.15) is 34.1 Å². The first kappa shape index (κ1) is 17.7. The van der Waals surface area contributed by atoms with Crippen molar-refractivity contribution in [3.05, 3.63) is 70.9 Å². The summed E-state index contributed by atoms with van der Waals surface area (Å²) < 4.78 is 0. The fourth-order valence-electron chi connectivity index (χ4n) is 2.70. The molecule has 6 nitrogen and oxygen atoms in total. The molecule has 2 N–H and O–H groups in total. The highest BCUT2D eigenvalue weighted by Gasteiger charge is 2.22. The quantitative estimate of drug-likeness (QED) is 0.709. The molecule has 6 heteroatoms. The third-order valence-corrected chi connectivity index (χ3v) is 4.41. The van der Waals surface area contributed by atoms with Crippen molar-refractivity contribution in [2.24, 2.45) is 0 Å². The van der Waals surface area contributed by atoms with Crippen molar-refractivity contribution >= 4 is 17.4 Å². The Hall–Kier alpha value is -3.15.